The van der Waals surface area contributed by atoms with Crippen molar-refractivity contribution in [3.05, 3.63) is 22.8 Å². The second-order valence-electron chi connectivity index (χ2n) is 5.61. The van der Waals surface area contributed by atoms with Gasteiger partial charge >= 0.3 is 0 Å². The second-order valence-corrected chi connectivity index (χ2v) is 5.61. The van der Waals surface area contributed by atoms with Crippen LogP contribution in [0.4, 0.5) is 13.2 Å². The minimum absolute atomic E-state index is 0.0230. The first-order chi connectivity index (χ1) is 11.0. The summed E-state index contributed by atoms with van der Waals surface area (Å²) in [5, 5.41) is 19.0. The fourth-order valence-corrected chi connectivity index (χ4v) is 2.52. The van der Waals surface area contributed by atoms with Gasteiger partial charge in [-0.25, -0.2) is 8.78 Å². The highest BCUT2D eigenvalue weighted by molar-refractivity contribution is 6.00. The number of carbonyl (C=O) groups is 1. The Morgan fingerprint density at radius 3 is 2.04 bits per heavy atom. The van der Waals surface area contributed by atoms with E-state index in [1.807, 2.05) is 0 Å². The lowest BCUT2D eigenvalue weighted by Crippen LogP contribution is -2.09. The summed E-state index contributed by atoms with van der Waals surface area (Å²) in [5.74, 6) is -6.43. The fourth-order valence-electron chi connectivity index (χ4n) is 2.52. The zero-order valence-electron chi connectivity index (χ0n) is 13.3. The number of ketones is 1. The van der Waals surface area contributed by atoms with E-state index in [4.69, 9.17) is 0 Å². The number of phenolic OH excluding ortho intramolecular Hbond substituents is 2. The van der Waals surface area contributed by atoms with Gasteiger partial charge in [-0.3, -0.25) is 4.79 Å². The third kappa shape index (κ3) is 4.88. The molecule has 0 unspecified atom stereocenters. The number of unbranched alkanes of at least 4 members (excludes halogenated alkanes) is 6. The molecular weight excluding hydrogens is 309 g/mol. The number of hydrogen-bond donors (Lipinski definition) is 2. The van der Waals surface area contributed by atoms with Crippen molar-refractivity contribution in [3.63, 3.8) is 0 Å². The smallest absolute Gasteiger partial charge is 0.207 e. The van der Waals surface area contributed by atoms with E-state index in [2.05, 4.69) is 6.92 Å². The van der Waals surface area contributed by atoms with Crippen LogP contribution >= 0.6 is 0 Å². The molecule has 3 nitrogen and oxygen atoms in total. The first kappa shape index (κ1) is 19.3. The van der Waals surface area contributed by atoms with Crippen molar-refractivity contribution in [2.24, 2.45) is 0 Å². The van der Waals surface area contributed by atoms with Crippen molar-refractivity contribution in [2.75, 3.05) is 6.67 Å². The molecule has 2 N–H and O–H groups in total. The Morgan fingerprint density at radius 2 is 1.48 bits per heavy atom. The number of rotatable bonds is 10. The summed E-state index contributed by atoms with van der Waals surface area (Å²) in [6, 6.07) is 0. The van der Waals surface area contributed by atoms with Crippen LogP contribution in [0, 0.1) is 11.6 Å². The Hall–Kier alpha value is -1.72. The summed E-state index contributed by atoms with van der Waals surface area (Å²) in [4.78, 5) is 11.3. The Balaban J connectivity index is 2.79. The molecule has 1 aromatic rings. The lowest BCUT2D eigenvalue weighted by Gasteiger charge is -2.12. The van der Waals surface area contributed by atoms with E-state index >= 15 is 0 Å². The molecular formula is C17H23F3O3. The molecule has 0 aromatic heterocycles. The molecule has 0 fully saturated rings. The maximum atomic E-state index is 14.2. The molecule has 0 atom stereocenters. The summed E-state index contributed by atoms with van der Waals surface area (Å²) < 4.78 is 40.4. The number of aromatic hydroxyl groups is 2. The van der Waals surface area contributed by atoms with Gasteiger partial charge in [-0.1, -0.05) is 45.4 Å². The molecule has 1 rings (SSSR count). The summed E-state index contributed by atoms with van der Waals surface area (Å²) in [7, 11) is 0. The number of Topliss-reactive ketones (excluding diaryl/α,β-unsaturated/α-hetero) is 1. The zero-order chi connectivity index (χ0) is 17.4. The zero-order valence-corrected chi connectivity index (χ0v) is 13.3. The van der Waals surface area contributed by atoms with Crippen LogP contribution < -0.4 is 0 Å². The normalized spacial score (nSPS) is 11.0. The maximum absolute atomic E-state index is 14.2. The van der Waals surface area contributed by atoms with Gasteiger partial charge < -0.3 is 10.2 Å². The quantitative estimate of drug-likeness (QED) is 0.477. The monoisotopic (exact) mass is 332 g/mol. The van der Waals surface area contributed by atoms with Crippen molar-refractivity contribution in [1.29, 1.82) is 0 Å². The standard InChI is InChI=1S/C17H23F3O3/c1-2-3-4-5-6-7-8-9-11-14(19)13(12(21)10-18)17(23)15(20)16(11)22/h22-23H,2-10H2,1H3. The molecule has 0 amide bonds. The molecule has 0 bridgehead atoms. The average Bonchev–Trinajstić information content (AvgIpc) is 2.54. The van der Waals surface area contributed by atoms with Gasteiger partial charge in [-0.05, 0) is 12.8 Å². The Morgan fingerprint density at radius 1 is 0.913 bits per heavy atom. The van der Waals surface area contributed by atoms with Gasteiger partial charge in [-0.2, -0.15) is 4.39 Å². The average molecular weight is 332 g/mol. The SMILES string of the molecule is CCCCCCCCCc1c(O)c(F)c(O)c(C(=O)CF)c1F. The lowest BCUT2D eigenvalue weighted by atomic mass is 9.98. The van der Waals surface area contributed by atoms with Crippen molar-refractivity contribution in [3.8, 4) is 11.5 Å². The van der Waals surface area contributed by atoms with Crippen LogP contribution in [0.3, 0.4) is 0 Å². The number of hydrogen-bond acceptors (Lipinski definition) is 3. The van der Waals surface area contributed by atoms with Gasteiger partial charge in [0.1, 0.15) is 11.4 Å². The fraction of sp³-hybridized carbons (Fsp3) is 0.588. The minimum Gasteiger partial charge on any atom is -0.504 e. The van der Waals surface area contributed by atoms with E-state index in [1.165, 1.54) is 0 Å². The largest absolute Gasteiger partial charge is 0.504 e. The highest BCUT2D eigenvalue weighted by atomic mass is 19.1. The molecule has 0 aliphatic carbocycles. The van der Waals surface area contributed by atoms with Crippen LogP contribution in [0.25, 0.3) is 0 Å². The maximum Gasteiger partial charge on any atom is 0.207 e. The predicted molar refractivity (Wildman–Crippen MR) is 81.7 cm³/mol. The van der Waals surface area contributed by atoms with Crippen molar-refractivity contribution in [1.82, 2.24) is 0 Å². The van der Waals surface area contributed by atoms with Gasteiger partial charge in [0, 0.05) is 5.56 Å². The summed E-state index contributed by atoms with van der Waals surface area (Å²) in [6.45, 7) is 0.562. The van der Waals surface area contributed by atoms with E-state index in [1.54, 1.807) is 0 Å². The van der Waals surface area contributed by atoms with Crippen molar-refractivity contribution in [2.45, 2.75) is 58.3 Å². The van der Waals surface area contributed by atoms with Crippen LogP contribution in [-0.2, 0) is 6.42 Å². The predicted octanol–water partition coefficient (Wildman–Crippen LogP) is 4.82. The topological polar surface area (TPSA) is 57.5 Å². The summed E-state index contributed by atoms with van der Waals surface area (Å²) in [6.07, 6.45) is 6.72. The Labute approximate surface area is 134 Å². The molecule has 6 heteroatoms. The number of halogens is 3. The molecule has 1 aromatic carbocycles. The molecule has 0 spiro atoms. The van der Waals surface area contributed by atoms with E-state index in [0.717, 1.165) is 38.5 Å². The number of benzene rings is 1. The van der Waals surface area contributed by atoms with Crippen molar-refractivity contribution >= 4 is 5.78 Å². The molecule has 130 valence electrons. The van der Waals surface area contributed by atoms with E-state index in [0.29, 0.717) is 6.42 Å². The van der Waals surface area contributed by atoms with Gasteiger partial charge in [0.2, 0.25) is 11.6 Å². The van der Waals surface area contributed by atoms with Gasteiger partial charge in [-0.15, -0.1) is 0 Å². The van der Waals surface area contributed by atoms with Crippen LogP contribution in [0.15, 0.2) is 0 Å². The van der Waals surface area contributed by atoms with Gasteiger partial charge in [0.05, 0.1) is 0 Å². The third-order valence-corrected chi connectivity index (χ3v) is 3.85. The summed E-state index contributed by atoms with van der Waals surface area (Å²) >= 11 is 0. The molecule has 0 saturated carbocycles. The number of carbonyl (C=O) groups excluding carboxylic acids is 1. The first-order valence-corrected chi connectivity index (χ1v) is 7.96. The van der Waals surface area contributed by atoms with Gasteiger partial charge in [0.25, 0.3) is 0 Å². The molecule has 0 radical (unpaired) electrons. The first-order valence-electron chi connectivity index (χ1n) is 7.96. The number of alkyl halides is 1. The van der Waals surface area contributed by atoms with Crippen LogP contribution in [0.5, 0.6) is 11.5 Å². The third-order valence-electron chi connectivity index (χ3n) is 3.85. The van der Waals surface area contributed by atoms with E-state index in [9.17, 15) is 28.2 Å². The van der Waals surface area contributed by atoms with Crippen molar-refractivity contribution < 1.29 is 28.2 Å². The molecule has 0 aliphatic rings. The Kier molecular flexibility index (Phi) is 7.92. The highest BCUT2D eigenvalue weighted by Gasteiger charge is 2.27. The highest BCUT2D eigenvalue weighted by Crippen LogP contribution is 2.36. The summed E-state index contributed by atoms with van der Waals surface area (Å²) in [5.41, 5.74) is -1.41. The van der Waals surface area contributed by atoms with E-state index < -0.39 is 41.2 Å². The molecule has 0 saturated heterocycles. The van der Waals surface area contributed by atoms with E-state index in [-0.39, 0.29) is 12.0 Å². The Bertz CT molecular complexity index is 545. The van der Waals surface area contributed by atoms with Crippen LogP contribution in [0.1, 0.15) is 67.8 Å². The molecule has 0 heterocycles. The van der Waals surface area contributed by atoms with Crippen LogP contribution in [0.2, 0.25) is 0 Å². The van der Waals surface area contributed by atoms with Gasteiger partial charge in [0.15, 0.2) is 18.2 Å². The number of phenols is 2. The second kappa shape index (κ2) is 9.43. The molecule has 0 aliphatic heterocycles. The lowest BCUT2D eigenvalue weighted by molar-refractivity contribution is 0.0950. The van der Waals surface area contributed by atoms with Crippen LogP contribution in [-0.4, -0.2) is 22.7 Å². The minimum atomic E-state index is -1.55. The molecule has 23 heavy (non-hydrogen) atoms.